The van der Waals surface area contributed by atoms with Gasteiger partial charge in [0.2, 0.25) is 5.95 Å². The standard InChI is InChI=1S/C17H24N6O/c1-9-10-5-4-6-11(10)20-16-14(9)15(18-2)22-17(23-16)21-12-7-19-8-13(12)24-3/h12-13,19H,4-8H2,1-3H3,(H2,18,20,21,22,23)/t12-,13-/m0/s1. The van der Waals surface area contributed by atoms with Gasteiger partial charge in [0.1, 0.15) is 5.82 Å². The Morgan fingerprint density at radius 2 is 2.04 bits per heavy atom. The first kappa shape index (κ1) is 15.5. The fraction of sp³-hybridized carbons (Fsp3) is 0.588. The summed E-state index contributed by atoms with van der Waals surface area (Å²) < 4.78 is 5.51. The van der Waals surface area contributed by atoms with Gasteiger partial charge in [-0.2, -0.15) is 9.97 Å². The normalized spacial score (nSPS) is 22.8. The average Bonchev–Trinajstić information content (AvgIpc) is 3.23. The fourth-order valence-corrected chi connectivity index (χ4v) is 3.87. The van der Waals surface area contributed by atoms with Crippen LogP contribution in [0.3, 0.4) is 0 Å². The summed E-state index contributed by atoms with van der Waals surface area (Å²) >= 11 is 0. The molecule has 7 nitrogen and oxygen atoms in total. The average molecular weight is 328 g/mol. The van der Waals surface area contributed by atoms with Crippen LogP contribution in [0, 0.1) is 6.92 Å². The molecule has 0 bridgehead atoms. The fourth-order valence-electron chi connectivity index (χ4n) is 3.87. The summed E-state index contributed by atoms with van der Waals surface area (Å²) in [6.45, 7) is 3.84. The molecule has 128 valence electrons. The minimum absolute atomic E-state index is 0.122. The van der Waals surface area contributed by atoms with E-state index in [9.17, 15) is 0 Å². The SMILES string of the molecule is CNc1nc(N[C@H]2CNC[C@@H]2OC)nc2nc3c(c(C)c12)CCC3. The number of anilines is 2. The van der Waals surface area contributed by atoms with Gasteiger partial charge in [0.25, 0.3) is 0 Å². The Hall–Kier alpha value is -1.99. The zero-order chi connectivity index (χ0) is 16.7. The first-order valence-electron chi connectivity index (χ1n) is 8.59. The van der Waals surface area contributed by atoms with Gasteiger partial charge in [0.15, 0.2) is 5.65 Å². The molecule has 2 aliphatic rings. The molecule has 0 aromatic carbocycles. The highest BCUT2D eigenvalue weighted by Gasteiger charge is 2.28. The van der Waals surface area contributed by atoms with E-state index in [2.05, 4.69) is 27.9 Å². The van der Waals surface area contributed by atoms with E-state index in [1.54, 1.807) is 7.11 Å². The topological polar surface area (TPSA) is 84.0 Å². The highest BCUT2D eigenvalue weighted by atomic mass is 16.5. The van der Waals surface area contributed by atoms with Crippen molar-refractivity contribution in [2.24, 2.45) is 0 Å². The molecule has 1 aliphatic heterocycles. The van der Waals surface area contributed by atoms with E-state index >= 15 is 0 Å². The third-order valence-corrected chi connectivity index (χ3v) is 5.16. The van der Waals surface area contributed by atoms with Crippen LogP contribution >= 0.6 is 0 Å². The number of ether oxygens (including phenoxy) is 1. The van der Waals surface area contributed by atoms with Crippen LogP contribution < -0.4 is 16.0 Å². The van der Waals surface area contributed by atoms with Crippen molar-refractivity contribution < 1.29 is 4.74 Å². The van der Waals surface area contributed by atoms with Crippen LogP contribution in [-0.2, 0) is 17.6 Å². The van der Waals surface area contributed by atoms with Gasteiger partial charge >= 0.3 is 0 Å². The Kier molecular flexibility index (Phi) is 3.97. The molecule has 3 heterocycles. The molecule has 0 amide bonds. The van der Waals surface area contributed by atoms with Crippen LogP contribution in [0.2, 0.25) is 0 Å². The van der Waals surface area contributed by atoms with Crippen LogP contribution in [0.15, 0.2) is 0 Å². The number of fused-ring (bicyclic) bond motifs is 2. The zero-order valence-electron chi connectivity index (χ0n) is 14.4. The molecular formula is C17H24N6O. The van der Waals surface area contributed by atoms with E-state index in [1.165, 1.54) is 23.2 Å². The molecule has 0 spiro atoms. The van der Waals surface area contributed by atoms with Gasteiger partial charge in [-0.3, -0.25) is 0 Å². The van der Waals surface area contributed by atoms with Crippen molar-refractivity contribution in [1.29, 1.82) is 0 Å². The van der Waals surface area contributed by atoms with Crippen LogP contribution in [-0.4, -0.2) is 54.3 Å². The molecule has 2 aromatic heterocycles. The maximum absolute atomic E-state index is 5.51. The molecule has 0 saturated carbocycles. The number of hydrogen-bond donors (Lipinski definition) is 3. The first-order chi connectivity index (χ1) is 11.7. The minimum atomic E-state index is 0.122. The van der Waals surface area contributed by atoms with Crippen molar-refractivity contribution in [2.45, 2.75) is 38.3 Å². The summed E-state index contributed by atoms with van der Waals surface area (Å²) in [6, 6.07) is 0.160. The second-order valence-corrected chi connectivity index (χ2v) is 6.54. The van der Waals surface area contributed by atoms with E-state index in [0.29, 0.717) is 5.95 Å². The van der Waals surface area contributed by atoms with E-state index < -0.39 is 0 Å². The first-order valence-corrected chi connectivity index (χ1v) is 8.59. The zero-order valence-corrected chi connectivity index (χ0v) is 14.4. The Labute approximate surface area is 141 Å². The highest BCUT2D eigenvalue weighted by Crippen LogP contribution is 2.32. The van der Waals surface area contributed by atoms with Gasteiger partial charge in [0.05, 0.1) is 17.5 Å². The Bertz CT molecular complexity index is 778. The molecule has 0 radical (unpaired) electrons. The second kappa shape index (κ2) is 6.14. The van der Waals surface area contributed by atoms with Gasteiger partial charge in [-0.1, -0.05) is 0 Å². The summed E-state index contributed by atoms with van der Waals surface area (Å²) in [5.74, 6) is 1.44. The molecular weight excluding hydrogens is 304 g/mol. The van der Waals surface area contributed by atoms with Crippen molar-refractivity contribution in [3.8, 4) is 0 Å². The van der Waals surface area contributed by atoms with Gasteiger partial charge in [-0.25, -0.2) is 4.98 Å². The molecule has 2 aromatic rings. The third kappa shape index (κ3) is 2.48. The Morgan fingerprint density at radius 3 is 2.83 bits per heavy atom. The van der Waals surface area contributed by atoms with E-state index in [4.69, 9.17) is 14.7 Å². The number of nitrogens with zero attached hydrogens (tertiary/aromatic N) is 3. The van der Waals surface area contributed by atoms with Gasteiger partial charge in [0, 0.05) is 32.9 Å². The van der Waals surface area contributed by atoms with Crippen molar-refractivity contribution in [2.75, 3.05) is 37.9 Å². The molecule has 3 N–H and O–H groups in total. The van der Waals surface area contributed by atoms with Crippen LogP contribution in [0.4, 0.5) is 11.8 Å². The van der Waals surface area contributed by atoms with Crippen LogP contribution in [0.25, 0.3) is 11.0 Å². The van der Waals surface area contributed by atoms with Crippen molar-refractivity contribution in [1.82, 2.24) is 20.3 Å². The summed E-state index contributed by atoms with van der Waals surface area (Å²) in [5.41, 5.74) is 4.61. The lowest BCUT2D eigenvalue weighted by atomic mass is 10.1. The van der Waals surface area contributed by atoms with Crippen LogP contribution in [0.1, 0.15) is 23.2 Å². The molecule has 0 unspecified atom stereocenters. The monoisotopic (exact) mass is 328 g/mol. The van der Waals surface area contributed by atoms with Crippen molar-refractivity contribution in [3.05, 3.63) is 16.8 Å². The molecule has 7 heteroatoms. The predicted molar refractivity (Wildman–Crippen MR) is 94.7 cm³/mol. The van der Waals surface area contributed by atoms with E-state index in [1.807, 2.05) is 7.05 Å². The smallest absolute Gasteiger partial charge is 0.227 e. The van der Waals surface area contributed by atoms with Crippen molar-refractivity contribution in [3.63, 3.8) is 0 Å². The summed E-state index contributed by atoms with van der Waals surface area (Å²) in [5, 5.41) is 11.0. The number of aromatic nitrogens is 3. The lowest BCUT2D eigenvalue weighted by molar-refractivity contribution is 0.111. The molecule has 1 aliphatic carbocycles. The number of pyridine rings is 1. The van der Waals surface area contributed by atoms with Gasteiger partial charge in [-0.05, 0) is 37.3 Å². The molecule has 4 rings (SSSR count). The lowest BCUT2D eigenvalue weighted by Crippen LogP contribution is -2.34. The minimum Gasteiger partial charge on any atom is -0.378 e. The quantitative estimate of drug-likeness (QED) is 0.779. The number of hydrogen-bond acceptors (Lipinski definition) is 7. The van der Waals surface area contributed by atoms with E-state index in [-0.39, 0.29) is 12.1 Å². The highest BCUT2D eigenvalue weighted by molar-refractivity contribution is 5.91. The summed E-state index contributed by atoms with van der Waals surface area (Å²) in [7, 11) is 3.63. The number of aryl methyl sites for hydroxylation is 2. The predicted octanol–water partition coefficient (Wildman–Crippen LogP) is 1.26. The van der Waals surface area contributed by atoms with E-state index in [0.717, 1.165) is 42.8 Å². The Morgan fingerprint density at radius 1 is 1.17 bits per heavy atom. The summed E-state index contributed by atoms with van der Waals surface area (Å²) in [4.78, 5) is 14.2. The van der Waals surface area contributed by atoms with Gasteiger partial charge in [-0.15, -0.1) is 0 Å². The summed E-state index contributed by atoms with van der Waals surface area (Å²) in [6.07, 6.45) is 3.45. The molecule has 24 heavy (non-hydrogen) atoms. The number of nitrogens with one attached hydrogen (secondary N) is 3. The molecule has 1 fully saturated rings. The Balaban J connectivity index is 1.77. The molecule has 1 saturated heterocycles. The van der Waals surface area contributed by atoms with Gasteiger partial charge < -0.3 is 20.7 Å². The number of rotatable bonds is 4. The third-order valence-electron chi connectivity index (χ3n) is 5.16. The largest absolute Gasteiger partial charge is 0.378 e. The number of methoxy groups -OCH3 is 1. The second-order valence-electron chi connectivity index (χ2n) is 6.54. The maximum Gasteiger partial charge on any atom is 0.227 e. The van der Waals surface area contributed by atoms with Crippen molar-refractivity contribution >= 4 is 22.8 Å². The molecule has 2 atom stereocenters. The van der Waals surface area contributed by atoms with Crippen LogP contribution in [0.5, 0.6) is 0 Å². The lowest BCUT2D eigenvalue weighted by Gasteiger charge is -2.19. The maximum atomic E-state index is 5.51.